The highest BCUT2D eigenvalue weighted by Gasteiger charge is 2.23. The average molecular weight is 329 g/mol. The molecule has 0 spiro atoms. The van der Waals surface area contributed by atoms with Crippen molar-refractivity contribution in [2.24, 2.45) is 4.99 Å². The van der Waals surface area contributed by atoms with Crippen LogP contribution in [0.2, 0.25) is 0 Å². The molecule has 0 aliphatic carbocycles. The Bertz CT molecular complexity index is 422. The highest BCUT2D eigenvalue weighted by molar-refractivity contribution is 7.10. The normalized spacial score (nSPS) is 14.6. The third-order valence-electron chi connectivity index (χ3n) is 2.91. The van der Waals surface area contributed by atoms with Gasteiger partial charge in [-0.3, -0.25) is 0 Å². The Morgan fingerprint density at radius 2 is 2.18 bits per heavy atom. The largest absolute Gasteiger partial charge is 0.383 e. The first-order chi connectivity index (χ1) is 10.6. The molecule has 1 atom stereocenters. The number of thiophene rings is 1. The van der Waals surface area contributed by atoms with E-state index in [1.54, 1.807) is 14.0 Å². The summed E-state index contributed by atoms with van der Waals surface area (Å²) in [5.74, 6) is 0.676. The molecule has 1 aromatic heterocycles. The van der Waals surface area contributed by atoms with Gasteiger partial charge < -0.3 is 25.2 Å². The minimum absolute atomic E-state index is 0.299. The Balaban J connectivity index is 2.41. The van der Waals surface area contributed by atoms with E-state index in [1.165, 1.54) is 11.3 Å². The van der Waals surface area contributed by atoms with Gasteiger partial charge >= 0.3 is 0 Å². The van der Waals surface area contributed by atoms with E-state index in [1.807, 2.05) is 24.4 Å². The van der Waals surface area contributed by atoms with Crippen LogP contribution in [0.5, 0.6) is 0 Å². The molecule has 0 aromatic carbocycles. The summed E-state index contributed by atoms with van der Waals surface area (Å²) in [7, 11) is 1.65. The van der Waals surface area contributed by atoms with Crippen molar-refractivity contribution in [1.82, 2.24) is 10.6 Å². The molecule has 3 N–H and O–H groups in total. The fourth-order valence-electron chi connectivity index (χ4n) is 1.72. The highest BCUT2D eigenvalue weighted by Crippen LogP contribution is 2.25. The van der Waals surface area contributed by atoms with Crippen LogP contribution in [-0.2, 0) is 15.1 Å². The number of guanidine groups is 1. The van der Waals surface area contributed by atoms with Gasteiger partial charge in [-0.05, 0) is 25.3 Å². The maximum absolute atomic E-state index is 10.5. The highest BCUT2D eigenvalue weighted by atomic mass is 32.1. The van der Waals surface area contributed by atoms with E-state index >= 15 is 0 Å². The van der Waals surface area contributed by atoms with Gasteiger partial charge in [-0.25, -0.2) is 4.99 Å². The zero-order valence-corrected chi connectivity index (χ0v) is 14.4. The van der Waals surface area contributed by atoms with E-state index in [4.69, 9.17) is 9.47 Å². The molecule has 1 heterocycles. The van der Waals surface area contributed by atoms with Gasteiger partial charge in [-0.1, -0.05) is 6.07 Å². The molecule has 0 amide bonds. The van der Waals surface area contributed by atoms with E-state index < -0.39 is 5.60 Å². The lowest BCUT2D eigenvalue weighted by atomic mass is 10.1. The van der Waals surface area contributed by atoms with Crippen molar-refractivity contribution in [2.75, 3.05) is 46.6 Å². The van der Waals surface area contributed by atoms with Crippen LogP contribution >= 0.6 is 11.3 Å². The van der Waals surface area contributed by atoms with E-state index in [9.17, 15) is 5.11 Å². The second kappa shape index (κ2) is 10.6. The Morgan fingerprint density at radius 3 is 2.82 bits per heavy atom. The lowest BCUT2D eigenvalue weighted by Crippen LogP contribution is -2.40. The first kappa shape index (κ1) is 18.9. The van der Waals surface area contributed by atoms with Crippen LogP contribution in [0, 0.1) is 0 Å². The zero-order valence-electron chi connectivity index (χ0n) is 13.6. The lowest BCUT2D eigenvalue weighted by molar-refractivity contribution is 0.0706. The number of nitrogens with one attached hydrogen (secondary N) is 2. The predicted octanol–water partition coefficient (Wildman–Crippen LogP) is 1.17. The fraction of sp³-hybridized carbons (Fsp3) is 0.667. The maximum atomic E-state index is 10.5. The quantitative estimate of drug-likeness (QED) is 0.341. The molecule has 0 radical (unpaired) electrons. The van der Waals surface area contributed by atoms with E-state index in [0.717, 1.165) is 11.4 Å². The number of aliphatic hydroxyl groups is 1. The van der Waals surface area contributed by atoms with E-state index in [2.05, 4.69) is 15.6 Å². The van der Waals surface area contributed by atoms with Crippen molar-refractivity contribution >= 4 is 17.3 Å². The van der Waals surface area contributed by atoms with Crippen molar-refractivity contribution in [3.05, 3.63) is 22.4 Å². The zero-order chi connectivity index (χ0) is 16.3. The summed E-state index contributed by atoms with van der Waals surface area (Å²) in [5, 5.41) is 18.8. The van der Waals surface area contributed by atoms with Crippen molar-refractivity contribution in [3.63, 3.8) is 0 Å². The molecule has 6 nitrogen and oxygen atoms in total. The number of hydrogen-bond acceptors (Lipinski definition) is 5. The average Bonchev–Trinajstić information content (AvgIpc) is 3.03. The van der Waals surface area contributed by atoms with Crippen LogP contribution in [0.4, 0.5) is 0 Å². The van der Waals surface area contributed by atoms with Crippen LogP contribution in [0.1, 0.15) is 18.7 Å². The topological polar surface area (TPSA) is 75.1 Å². The molecule has 0 fully saturated rings. The first-order valence-corrected chi connectivity index (χ1v) is 8.33. The Kier molecular flexibility index (Phi) is 9.07. The third kappa shape index (κ3) is 7.22. The third-order valence-corrected chi connectivity index (χ3v) is 4.03. The minimum atomic E-state index is -0.953. The monoisotopic (exact) mass is 329 g/mol. The van der Waals surface area contributed by atoms with Crippen LogP contribution in [0.25, 0.3) is 0 Å². The second-order valence-electron chi connectivity index (χ2n) is 4.98. The summed E-state index contributed by atoms with van der Waals surface area (Å²) in [5.41, 5.74) is -0.953. The summed E-state index contributed by atoms with van der Waals surface area (Å²) in [4.78, 5) is 5.36. The number of methoxy groups -OCH3 is 1. The summed E-state index contributed by atoms with van der Waals surface area (Å²) < 4.78 is 10.3. The molecule has 1 aromatic rings. The maximum Gasteiger partial charge on any atom is 0.191 e. The molecule has 0 saturated heterocycles. The fourth-order valence-corrected chi connectivity index (χ4v) is 2.50. The molecule has 1 rings (SSSR count). The molecule has 0 bridgehead atoms. The number of rotatable bonds is 10. The van der Waals surface area contributed by atoms with Crippen molar-refractivity contribution < 1.29 is 14.6 Å². The minimum Gasteiger partial charge on any atom is -0.383 e. The number of ether oxygens (including phenoxy) is 2. The SMILES string of the molecule is CCNC(=NCC(C)(O)c1cccs1)NCCOCCOC. The van der Waals surface area contributed by atoms with Crippen molar-refractivity contribution in [3.8, 4) is 0 Å². The molecular formula is C15H27N3O3S. The molecule has 0 saturated carbocycles. The van der Waals surface area contributed by atoms with Crippen molar-refractivity contribution in [2.45, 2.75) is 19.4 Å². The molecule has 22 heavy (non-hydrogen) atoms. The molecule has 0 aliphatic rings. The molecule has 7 heteroatoms. The summed E-state index contributed by atoms with van der Waals surface area (Å²) in [6.45, 7) is 7.25. The van der Waals surface area contributed by atoms with E-state index in [-0.39, 0.29) is 0 Å². The van der Waals surface area contributed by atoms with Gasteiger partial charge in [-0.15, -0.1) is 11.3 Å². The number of aliphatic imine (C=N–C) groups is 1. The second-order valence-corrected chi connectivity index (χ2v) is 5.93. The van der Waals surface area contributed by atoms with Crippen LogP contribution < -0.4 is 10.6 Å². The van der Waals surface area contributed by atoms with Crippen LogP contribution in [-0.4, -0.2) is 57.6 Å². The van der Waals surface area contributed by atoms with Gasteiger partial charge in [-0.2, -0.15) is 0 Å². The van der Waals surface area contributed by atoms with Crippen LogP contribution in [0.3, 0.4) is 0 Å². The van der Waals surface area contributed by atoms with E-state index in [0.29, 0.717) is 38.9 Å². The van der Waals surface area contributed by atoms with Crippen molar-refractivity contribution in [1.29, 1.82) is 0 Å². The standard InChI is InChI=1S/C15H27N3O3S/c1-4-16-14(17-7-8-21-10-9-20-3)18-12-15(2,19)13-6-5-11-22-13/h5-6,11,19H,4,7-10,12H2,1-3H3,(H2,16,17,18). The summed E-state index contributed by atoms with van der Waals surface area (Å²) in [6.07, 6.45) is 0. The summed E-state index contributed by atoms with van der Waals surface area (Å²) >= 11 is 1.53. The van der Waals surface area contributed by atoms with Gasteiger partial charge in [0.2, 0.25) is 0 Å². The van der Waals surface area contributed by atoms with Gasteiger partial charge in [0.05, 0.1) is 26.4 Å². The smallest absolute Gasteiger partial charge is 0.191 e. The Morgan fingerprint density at radius 1 is 1.36 bits per heavy atom. The molecule has 1 unspecified atom stereocenters. The first-order valence-electron chi connectivity index (χ1n) is 7.45. The lowest BCUT2D eigenvalue weighted by Gasteiger charge is -2.20. The van der Waals surface area contributed by atoms with Gasteiger partial charge in [0.15, 0.2) is 5.96 Å². The number of nitrogens with zero attached hydrogens (tertiary/aromatic N) is 1. The Hall–Kier alpha value is -1.15. The predicted molar refractivity (Wildman–Crippen MR) is 90.6 cm³/mol. The van der Waals surface area contributed by atoms with Gasteiger partial charge in [0.1, 0.15) is 5.60 Å². The summed E-state index contributed by atoms with van der Waals surface area (Å²) in [6, 6.07) is 3.85. The number of hydrogen-bond donors (Lipinski definition) is 3. The Labute approximate surface area is 136 Å². The molecule has 126 valence electrons. The van der Waals surface area contributed by atoms with Gasteiger partial charge in [0, 0.05) is 25.1 Å². The molecule has 0 aliphatic heterocycles. The van der Waals surface area contributed by atoms with Crippen LogP contribution in [0.15, 0.2) is 22.5 Å². The van der Waals surface area contributed by atoms with Gasteiger partial charge in [0.25, 0.3) is 0 Å². The molecular weight excluding hydrogens is 302 g/mol.